The van der Waals surface area contributed by atoms with Crippen molar-refractivity contribution in [1.82, 2.24) is 29.1 Å². The molecule has 2 atom stereocenters. The summed E-state index contributed by atoms with van der Waals surface area (Å²) in [6, 6.07) is 9.35. The van der Waals surface area contributed by atoms with E-state index in [1.54, 1.807) is 31.2 Å². The number of benzene rings is 2. The van der Waals surface area contributed by atoms with E-state index >= 15 is 0 Å². The van der Waals surface area contributed by atoms with E-state index in [4.69, 9.17) is 0 Å². The van der Waals surface area contributed by atoms with Gasteiger partial charge in [-0.05, 0) is 36.1 Å². The summed E-state index contributed by atoms with van der Waals surface area (Å²) < 4.78 is 68.7. The van der Waals surface area contributed by atoms with Gasteiger partial charge in [-0.1, -0.05) is 37.3 Å². The van der Waals surface area contributed by atoms with E-state index in [0.717, 1.165) is 17.1 Å². The van der Waals surface area contributed by atoms with Crippen LogP contribution < -0.4 is 5.69 Å². The van der Waals surface area contributed by atoms with E-state index in [1.165, 1.54) is 35.5 Å². The number of aromatic nitrogens is 6. The fourth-order valence-electron chi connectivity index (χ4n) is 4.05. The average Bonchev–Trinajstić information content (AvgIpc) is 3.48. The van der Waals surface area contributed by atoms with Gasteiger partial charge in [0.1, 0.15) is 42.8 Å². The van der Waals surface area contributed by atoms with Gasteiger partial charge in [-0.3, -0.25) is 4.57 Å². The largest absolute Gasteiger partial charge is 0.406 e. The molecule has 13 heteroatoms. The highest BCUT2D eigenvalue weighted by molar-refractivity contribution is 5.51. The Kier molecular flexibility index (Phi) is 7.58. The van der Waals surface area contributed by atoms with Crippen LogP contribution in [0.2, 0.25) is 0 Å². The first-order valence-electron chi connectivity index (χ1n) is 11.4. The highest BCUT2D eigenvalue weighted by Gasteiger charge is 2.38. The molecule has 4 aromatic rings. The minimum Gasteiger partial charge on any atom is -0.383 e. The molecule has 0 saturated carbocycles. The molecule has 0 amide bonds. The number of hydrogen-bond acceptors (Lipinski definition) is 5. The highest BCUT2D eigenvalue weighted by Crippen LogP contribution is 2.35. The second-order valence-electron chi connectivity index (χ2n) is 8.84. The van der Waals surface area contributed by atoms with Gasteiger partial charge in [-0.25, -0.2) is 23.2 Å². The van der Waals surface area contributed by atoms with Crippen LogP contribution in [0.1, 0.15) is 24.5 Å². The lowest BCUT2D eigenvalue weighted by Crippen LogP contribution is -2.39. The predicted octanol–water partition coefficient (Wildman–Crippen LogP) is 4.09. The van der Waals surface area contributed by atoms with Crippen molar-refractivity contribution in [2.24, 2.45) is 5.92 Å². The fourth-order valence-corrected chi connectivity index (χ4v) is 4.05. The van der Waals surface area contributed by atoms with Crippen molar-refractivity contribution in [2.75, 3.05) is 0 Å². The van der Waals surface area contributed by atoms with Gasteiger partial charge in [-0.15, -0.1) is 0 Å². The van der Waals surface area contributed by atoms with Gasteiger partial charge in [0.15, 0.2) is 0 Å². The quantitative estimate of drug-likeness (QED) is 0.327. The number of aliphatic hydroxyl groups is 1. The van der Waals surface area contributed by atoms with Crippen molar-refractivity contribution in [1.29, 1.82) is 0 Å². The zero-order valence-corrected chi connectivity index (χ0v) is 20.1. The van der Waals surface area contributed by atoms with Gasteiger partial charge in [0, 0.05) is 11.6 Å². The maximum Gasteiger partial charge on any atom is 0.406 e. The molecule has 38 heavy (non-hydrogen) atoms. The number of rotatable bonds is 9. The number of alkyl halides is 3. The van der Waals surface area contributed by atoms with Crippen LogP contribution >= 0.6 is 0 Å². The van der Waals surface area contributed by atoms with Gasteiger partial charge < -0.3 is 5.11 Å². The van der Waals surface area contributed by atoms with Crippen molar-refractivity contribution < 1.29 is 27.1 Å². The number of halogens is 5. The standard InChI is InChI=1S/C25H23F5N6O2/c1-17(24(38,12-35-15-31-14-32-35)21-10-7-19(26)11-22(21)27)3-2-4-18-5-8-20(9-6-18)36-23(37)34(16-33-36)13-25(28,29)30/h2,4-11,14-17,38H,3,12-13H2,1H3/b4-2+/t17-,24+/m0/s1. The summed E-state index contributed by atoms with van der Waals surface area (Å²) in [6.45, 7) is 0.168. The van der Waals surface area contributed by atoms with Gasteiger partial charge >= 0.3 is 11.9 Å². The smallest absolute Gasteiger partial charge is 0.383 e. The summed E-state index contributed by atoms with van der Waals surface area (Å²) in [5.41, 5.74) is -1.74. The highest BCUT2D eigenvalue weighted by atomic mass is 19.4. The average molecular weight is 534 g/mol. The van der Waals surface area contributed by atoms with Crippen LogP contribution in [0.4, 0.5) is 22.0 Å². The second-order valence-corrected chi connectivity index (χ2v) is 8.84. The van der Waals surface area contributed by atoms with Gasteiger partial charge in [0.05, 0.1) is 12.2 Å². The summed E-state index contributed by atoms with van der Waals surface area (Å²) in [6.07, 6.45) is 2.74. The number of hydrogen-bond donors (Lipinski definition) is 1. The SMILES string of the molecule is C[C@@H](C/C=C/c1ccc(-n2ncn(CC(F)(F)F)c2=O)cc1)[C@](O)(Cn1cncn1)c1ccc(F)cc1F. The van der Waals surface area contributed by atoms with Crippen LogP contribution in [0.5, 0.6) is 0 Å². The molecule has 2 aromatic heterocycles. The van der Waals surface area contributed by atoms with Gasteiger partial charge in [-0.2, -0.15) is 28.1 Å². The molecule has 0 aliphatic rings. The van der Waals surface area contributed by atoms with Crippen molar-refractivity contribution in [3.63, 3.8) is 0 Å². The third-order valence-corrected chi connectivity index (χ3v) is 6.10. The predicted molar refractivity (Wildman–Crippen MR) is 127 cm³/mol. The molecule has 2 aromatic carbocycles. The lowest BCUT2D eigenvalue weighted by Gasteiger charge is -2.34. The van der Waals surface area contributed by atoms with Crippen LogP contribution in [0.3, 0.4) is 0 Å². The molecule has 0 unspecified atom stereocenters. The van der Waals surface area contributed by atoms with Crippen LogP contribution in [0, 0.1) is 17.6 Å². The lowest BCUT2D eigenvalue weighted by atomic mass is 9.80. The Bertz CT molecular complexity index is 1460. The topological polar surface area (TPSA) is 90.8 Å². The Morgan fingerprint density at radius 2 is 1.76 bits per heavy atom. The molecule has 0 radical (unpaired) electrons. The molecule has 0 spiro atoms. The monoisotopic (exact) mass is 534 g/mol. The molecule has 0 aliphatic carbocycles. The molecule has 8 nitrogen and oxygen atoms in total. The third kappa shape index (κ3) is 6.05. The zero-order valence-electron chi connectivity index (χ0n) is 20.1. The first-order valence-corrected chi connectivity index (χ1v) is 11.4. The Balaban J connectivity index is 1.49. The van der Waals surface area contributed by atoms with E-state index in [2.05, 4.69) is 15.2 Å². The van der Waals surface area contributed by atoms with Crippen molar-refractivity contribution in [3.8, 4) is 5.69 Å². The Morgan fingerprint density at radius 3 is 2.39 bits per heavy atom. The molecule has 1 N–H and O–H groups in total. The van der Waals surface area contributed by atoms with E-state index in [-0.39, 0.29) is 17.8 Å². The maximum absolute atomic E-state index is 14.7. The first kappa shape index (κ1) is 26.9. The van der Waals surface area contributed by atoms with E-state index in [1.807, 2.05) is 0 Å². The lowest BCUT2D eigenvalue weighted by molar-refractivity contribution is -0.141. The minimum atomic E-state index is -4.55. The van der Waals surface area contributed by atoms with Crippen molar-refractivity contribution in [3.05, 3.63) is 101 Å². The first-order chi connectivity index (χ1) is 18.0. The molecule has 2 heterocycles. The zero-order chi connectivity index (χ0) is 27.5. The molecule has 4 rings (SSSR count). The number of nitrogens with zero attached hydrogens (tertiary/aromatic N) is 6. The summed E-state index contributed by atoms with van der Waals surface area (Å²) in [7, 11) is 0. The van der Waals surface area contributed by atoms with Crippen LogP contribution in [0.15, 0.2) is 72.3 Å². The fraction of sp³-hybridized carbons (Fsp3) is 0.280. The molecule has 0 saturated heterocycles. The molecular formula is C25H23F5N6O2. The Morgan fingerprint density at radius 1 is 1.03 bits per heavy atom. The number of allylic oxidation sites excluding steroid dienone is 1. The maximum atomic E-state index is 14.7. The molecule has 0 fully saturated rings. The van der Waals surface area contributed by atoms with E-state index < -0.39 is 41.6 Å². The third-order valence-electron chi connectivity index (χ3n) is 6.10. The van der Waals surface area contributed by atoms with Crippen LogP contribution in [-0.2, 0) is 18.7 Å². The van der Waals surface area contributed by atoms with E-state index in [0.29, 0.717) is 22.6 Å². The van der Waals surface area contributed by atoms with E-state index in [9.17, 15) is 31.9 Å². The van der Waals surface area contributed by atoms with Gasteiger partial charge in [0.25, 0.3) is 0 Å². The summed E-state index contributed by atoms with van der Waals surface area (Å²) in [4.78, 5) is 16.1. The summed E-state index contributed by atoms with van der Waals surface area (Å²) in [5.74, 6) is -2.19. The summed E-state index contributed by atoms with van der Waals surface area (Å²) >= 11 is 0. The normalized spacial score (nSPS) is 14.6. The second kappa shape index (κ2) is 10.7. The minimum absolute atomic E-state index is 0.0740. The van der Waals surface area contributed by atoms with Crippen molar-refractivity contribution >= 4 is 6.08 Å². The molecule has 200 valence electrons. The summed E-state index contributed by atoms with van der Waals surface area (Å²) in [5, 5.41) is 19.3. The molecule has 0 bridgehead atoms. The Labute approximate surface area is 213 Å². The Hall–Kier alpha value is -4.13. The van der Waals surface area contributed by atoms with Crippen molar-refractivity contribution in [2.45, 2.75) is 38.2 Å². The molecule has 0 aliphatic heterocycles. The van der Waals surface area contributed by atoms with Gasteiger partial charge in [0.2, 0.25) is 0 Å². The molecular weight excluding hydrogens is 511 g/mol. The van der Waals surface area contributed by atoms with Crippen LogP contribution in [0.25, 0.3) is 11.8 Å². The van der Waals surface area contributed by atoms with Crippen LogP contribution in [-0.4, -0.2) is 40.4 Å².